The number of rotatable bonds is 3. The molecular formula is C14H18ClN5S. The Bertz CT molecular complexity index is 655. The molecule has 112 valence electrons. The Hall–Kier alpha value is -1.14. The summed E-state index contributed by atoms with van der Waals surface area (Å²) < 4.78 is 2.22. The molecular weight excluding hydrogens is 306 g/mol. The lowest BCUT2D eigenvalue weighted by atomic mass is 10.2. The average Bonchev–Trinajstić information content (AvgIpc) is 2.71. The van der Waals surface area contributed by atoms with Crippen LogP contribution in [0.4, 0.5) is 0 Å². The first-order chi connectivity index (χ1) is 10.2. The van der Waals surface area contributed by atoms with E-state index in [2.05, 4.69) is 24.7 Å². The molecule has 1 aliphatic rings. The lowest BCUT2D eigenvalue weighted by Crippen LogP contribution is -2.03. The number of fused-ring (bicyclic) bond motifs is 1. The molecule has 7 heteroatoms. The Morgan fingerprint density at radius 3 is 2.86 bits per heavy atom. The van der Waals surface area contributed by atoms with Gasteiger partial charge in [-0.25, -0.2) is 9.97 Å². The van der Waals surface area contributed by atoms with Crippen LogP contribution in [0.3, 0.4) is 0 Å². The fourth-order valence-corrected chi connectivity index (χ4v) is 3.59. The predicted octanol–water partition coefficient (Wildman–Crippen LogP) is 3.47. The zero-order chi connectivity index (χ0) is 14.8. The average molecular weight is 324 g/mol. The van der Waals surface area contributed by atoms with E-state index in [1.165, 1.54) is 19.3 Å². The third kappa shape index (κ3) is 3.06. The zero-order valence-corrected chi connectivity index (χ0v) is 13.8. The molecule has 0 unspecified atom stereocenters. The smallest absolute Gasteiger partial charge is 0.197 e. The molecule has 0 spiro atoms. The SMILES string of the molecule is CCc1nc(Cl)c(C)c(Sc2nnc3n2CCCCC3)n1. The molecule has 0 aliphatic carbocycles. The minimum absolute atomic E-state index is 0.528. The normalized spacial score (nSPS) is 14.8. The van der Waals surface area contributed by atoms with Crippen molar-refractivity contribution in [2.75, 3.05) is 0 Å². The van der Waals surface area contributed by atoms with Gasteiger partial charge in [0.25, 0.3) is 0 Å². The number of halogens is 1. The van der Waals surface area contributed by atoms with Crippen molar-refractivity contribution in [3.05, 3.63) is 22.4 Å². The molecule has 3 rings (SSSR count). The molecule has 5 nitrogen and oxygen atoms in total. The molecule has 0 bridgehead atoms. The maximum atomic E-state index is 6.20. The molecule has 0 saturated carbocycles. The number of aryl methyl sites for hydroxylation is 2. The van der Waals surface area contributed by atoms with E-state index in [9.17, 15) is 0 Å². The molecule has 0 saturated heterocycles. The van der Waals surface area contributed by atoms with Crippen LogP contribution in [0.25, 0.3) is 0 Å². The van der Waals surface area contributed by atoms with E-state index in [4.69, 9.17) is 11.6 Å². The van der Waals surface area contributed by atoms with E-state index >= 15 is 0 Å². The van der Waals surface area contributed by atoms with Crippen molar-refractivity contribution in [1.82, 2.24) is 24.7 Å². The van der Waals surface area contributed by atoms with Gasteiger partial charge < -0.3 is 4.57 Å². The summed E-state index contributed by atoms with van der Waals surface area (Å²) in [5, 5.41) is 11.0. The van der Waals surface area contributed by atoms with Gasteiger partial charge in [-0.15, -0.1) is 10.2 Å². The zero-order valence-electron chi connectivity index (χ0n) is 12.3. The van der Waals surface area contributed by atoms with Crippen molar-refractivity contribution in [1.29, 1.82) is 0 Å². The second-order valence-electron chi connectivity index (χ2n) is 5.18. The molecule has 21 heavy (non-hydrogen) atoms. The van der Waals surface area contributed by atoms with Crippen LogP contribution in [0.1, 0.15) is 43.4 Å². The quantitative estimate of drug-likeness (QED) is 0.809. The van der Waals surface area contributed by atoms with Crippen LogP contribution in [0.2, 0.25) is 5.15 Å². The summed E-state index contributed by atoms with van der Waals surface area (Å²) in [5.74, 6) is 1.85. The van der Waals surface area contributed by atoms with Gasteiger partial charge >= 0.3 is 0 Å². The number of nitrogens with zero attached hydrogens (tertiary/aromatic N) is 5. The monoisotopic (exact) mass is 323 g/mol. The van der Waals surface area contributed by atoms with E-state index in [-0.39, 0.29) is 0 Å². The van der Waals surface area contributed by atoms with Gasteiger partial charge in [-0.1, -0.05) is 24.9 Å². The lowest BCUT2D eigenvalue weighted by molar-refractivity contribution is 0.590. The van der Waals surface area contributed by atoms with Gasteiger partial charge in [0.1, 0.15) is 21.8 Å². The highest BCUT2D eigenvalue weighted by Gasteiger charge is 2.18. The topological polar surface area (TPSA) is 56.5 Å². The Morgan fingerprint density at radius 1 is 1.19 bits per heavy atom. The summed E-state index contributed by atoms with van der Waals surface area (Å²) in [6.45, 7) is 4.96. The second kappa shape index (κ2) is 6.32. The van der Waals surface area contributed by atoms with Crippen molar-refractivity contribution in [2.45, 2.75) is 62.7 Å². The van der Waals surface area contributed by atoms with E-state index in [0.29, 0.717) is 5.15 Å². The molecule has 2 aromatic rings. The molecule has 3 heterocycles. The molecule has 0 N–H and O–H groups in total. The van der Waals surface area contributed by atoms with Crippen LogP contribution in [0, 0.1) is 6.92 Å². The summed E-state index contributed by atoms with van der Waals surface area (Å²) in [7, 11) is 0. The summed E-state index contributed by atoms with van der Waals surface area (Å²) in [5.41, 5.74) is 0.907. The number of aromatic nitrogens is 5. The third-order valence-electron chi connectivity index (χ3n) is 3.67. The molecule has 1 aliphatic heterocycles. The van der Waals surface area contributed by atoms with Gasteiger partial charge in [0, 0.05) is 24.9 Å². The highest BCUT2D eigenvalue weighted by molar-refractivity contribution is 7.99. The van der Waals surface area contributed by atoms with Crippen LogP contribution in [0.15, 0.2) is 10.2 Å². The van der Waals surface area contributed by atoms with Crippen molar-refractivity contribution in [3.63, 3.8) is 0 Å². The highest BCUT2D eigenvalue weighted by Crippen LogP contribution is 2.31. The van der Waals surface area contributed by atoms with Crippen molar-refractivity contribution < 1.29 is 0 Å². The fraction of sp³-hybridized carbons (Fsp3) is 0.571. The summed E-state index contributed by atoms with van der Waals surface area (Å²) in [6, 6.07) is 0. The van der Waals surface area contributed by atoms with E-state index in [1.54, 1.807) is 11.8 Å². The summed E-state index contributed by atoms with van der Waals surface area (Å²) in [6.07, 6.45) is 5.41. The molecule has 2 aromatic heterocycles. The Kier molecular flexibility index (Phi) is 4.45. The first-order valence-electron chi connectivity index (χ1n) is 7.32. The molecule has 0 fully saturated rings. The maximum Gasteiger partial charge on any atom is 0.197 e. The van der Waals surface area contributed by atoms with Crippen LogP contribution in [0.5, 0.6) is 0 Å². The predicted molar refractivity (Wildman–Crippen MR) is 82.9 cm³/mol. The minimum Gasteiger partial charge on any atom is -0.306 e. The molecule has 0 atom stereocenters. The molecule has 0 amide bonds. The Balaban J connectivity index is 1.94. The Morgan fingerprint density at radius 2 is 2.05 bits per heavy atom. The lowest BCUT2D eigenvalue weighted by Gasteiger charge is -2.09. The van der Waals surface area contributed by atoms with E-state index in [0.717, 1.165) is 46.8 Å². The van der Waals surface area contributed by atoms with Crippen LogP contribution >= 0.6 is 23.4 Å². The standard InChI is InChI=1S/C14H18ClN5S/c1-3-10-16-12(15)9(2)13(17-10)21-14-19-18-11-7-5-4-6-8-20(11)14/h3-8H2,1-2H3. The van der Waals surface area contributed by atoms with Gasteiger partial charge in [0.05, 0.1) is 0 Å². The first-order valence-corrected chi connectivity index (χ1v) is 8.51. The number of hydrogen-bond acceptors (Lipinski definition) is 5. The van der Waals surface area contributed by atoms with Crippen LogP contribution < -0.4 is 0 Å². The third-order valence-corrected chi connectivity index (χ3v) is 5.11. The minimum atomic E-state index is 0.528. The van der Waals surface area contributed by atoms with Crippen molar-refractivity contribution >= 4 is 23.4 Å². The largest absolute Gasteiger partial charge is 0.306 e. The molecule has 0 aromatic carbocycles. The summed E-state index contributed by atoms with van der Waals surface area (Å²) in [4.78, 5) is 8.87. The first kappa shape index (κ1) is 14.8. The second-order valence-corrected chi connectivity index (χ2v) is 6.49. The van der Waals surface area contributed by atoms with E-state index in [1.807, 2.05) is 13.8 Å². The van der Waals surface area contributed by atoms with Crippen molar-refractivity contribution in [3.8, 4) is 0 Å². The maximum absolute atomic E-state index is 6.20. The number of hydrogen-bond donors (Lipinski definition) is 0. The van der Waals surface area contributed by atoms with E-state index < -0.39 is 0 Å². The molecule has 0 radical (unpaired) electrons. The van der Waals surface area contributed by atoms with Gasteiger partial charge in [0.2, 0.25) is 0 Å². The Labute approximate surface area is 133 Å². The summed E-state index contributed by atoms with van der Waals surface area (Å²) >= 11 is 7.74. The van der Waals surface area contributed by atoms with Gasteiger partial charge in [-0.2, -0.15) is 0 Å². The van der Waals surface area contributed by atoms with Gasteiger partial charge in [-0.3, -0.25) is 0 Å². The highest BCUT2D eigenvalue weighted by atomic mass is 35.5. The van der Waals surface area contributed by atoms with Gasteiger partial charge in [0.15, 0.2) is 5.16 Å². The van der Waals surface area contributed by atoms with Gasteiger partial charge in [-0.05, 0) is 31.5 Å². The van der Waals surface area contributed by atoms with Crippen LogP contribution in [-0.2, 0) is 19.4 Å². The van der Waals surface area contributed by atoms with Crippen molar-refractivity contribution in [2.24, 2.45) is 0 Å². The van der Waals surface area contributed by atoms with Crippen LogP contribution in [-0.4, -0.2) is 24.7 Å². The fourth-order valence-electron chi connectivity index (χ4n) is 2.39.